The minimum atomic E-state index is 0.444. The molecular weight excluding hydrogens is 190 g/mol. The number of aryl methyl sites for hydroxylation is 2. The molecule has 0 radical (unpaired) electrons. The largest absolute Gasteiger partial charge is 0.364 e. The number of hydrogen-bond acceptors (Lipinski definition) is 2. The van der Waals surface area contributed by atoms with Crippen LogP contribution in [0.5, 0.6) is 0 Å². The number of rotatable bonds is 3. The quantitative estimate of drug-likeness (QED) is 0.768. The van der Waals surface area contributed by atoms with Crippen LogP contribution in [0.3, 0.4) is 0 Å². The zero-order chi connectivity index (χ0) is 10.8. The molecule has 0 saturated carbocycles. The molecule has 0 fully saturated rings. The first-order valence-electron chi connectivity index (χ1n) is 4.82. The number of carbonyl (C=O) groups is 1. The summed E-state index contributed by atoms with van der Waals surface area (Å²) in [5.74, 6) is 0. The highest BCUT2D eigenvalue weighted by Gasteiger charge is 2.10. The molecule has 0 aliphatic heterocycles. The predicted octanol–water partition coefficient (Wildman–Crippen LogP) is 1.47. The lowest BCUT2D eigenvalue weighted by Gasteiger charge is -1.98. The third-order valence-electron chi connectivity index (χ3n) is 2.51. The molecule has 78 valence electrons. The number of nitrogens with zero attached hydrogens (tertiary/aromatic N) is 2. The Hall–Kier alpha value is -1.84. The van der Waals surface area contributed by atoms with E-state index in [1.807, 2.05) is 26.4 Å². The molecule has 0 unspecified atom stereocenters. The van der Waals surface area contributed by atoms with E-state index in [0.29, 0.717) is 6.42 Å². The van der Waals surface area contributed by atoms with E-state index < -0.39 is 0 Å². The molecule has 2 heterocycles. The SMILES string of the molecule is Cc1[nH]cc(-c2cnn(C)c2)c1CC=O. The number of nitrogens with one attached hydrogen (secondary N) is 1. The van der Waals surface area contributed by atoms with Crippen molar-refractivity contribution in [1.82, 2.24) is 14.8 Å². The number of aromatic nitrogens is 3. The lowest BCUT2D eigenvalue weighted by molar-refractivity contribution is -0.107. The van der Waals surface area contributed by atoms with E-state index in [4.69, 9.17) is 0 Å². The molecule has 0 aliphatic rings. The lowest BCUT2D eigenvalue weighted by Crippen LogP contribution is -1.89. The van der Waals surface area contributed by atoms with Crippen LogP contribution in [-0.2, 0) is 18.3 Å². The van der Waals surface area contributed by atoms with Gasteiger partial charge in [0.05, 0.1) is 6.20 Å². The summed E-state index contributed by atoms with van der Waals surface area (Å²) in [6.07, 6.45) is 7.04. The van der Waals surface area contributed by atoms with Crippen molar-refractivity contribution in [1.29, 1.82) is 0 Å². The Morgan fingerprint density at radius 1 is 1.60 bits per heavy atom. The van der Waals surface area contributed by atoms with Gasteiger partial charge < -0.3 is 9.78 Å². The number of aromatic amines is 1. The van der Waals surface area contributed by atoms with Crippen LogP contribution in [0.2, 0.25) is 0 Å². The molecule has 0 amide bonds. The van der Waals surface area contributed by atoms with Crippen molar-refractivity contribution in [2.75, 3.05) is 0 Å². The third-order valence-corrected chi connectivity index (χ3v) is 2.51. The normalized spacial score (nSPS) is 10.5. The fourth-order valence-corrected chi connectivity index (χ4v) is 1.72. The topological polar surface area (TPSA) is 50.7 Å². The number of aldehydes is 1. The van der Waals surface area contributed by atoms with Gasteiger partial charge in [-0.25, -0.2) is 0 Å². The lowest BCUT2D eigenvalue weighted by atomic mass is 10.0. The molecule has 2 aromatic rings. The van der Waals surface area contributed by atoms with Crippen LogP contribution < -0.4 is 0 Å². The monoisotopic (exact) mass is 203 g/mol. The van der Waals surface area contributed by atoms with Crippen LogP contribution >= 0.6 is 0 Å². The highest BCUT2D eigenvalue weighted by Crippen LogP contribution is 2.25. The third kappa shape index (κ3) is 1.70. The van der Waals surface area contributed by atoms with Gasteiger partial charge in [0.1, 0.15) is 6.29 Å². The summed E-state index contributed by atoms with van der Waals surface area (Å²) in [6.45, 7) is 1.97. The first-order valence-corrected chi connectivity index (χ1v) is 4.82. The molecule has 0 aromatic carbocycles. The van der Waals surface area contributed by atoms with Crippen molar-refractivity contribution in [3.63, 3.8) is 0 Å². The Kier molecular flexibility index (Phi) is 2.41. The van der Waals surface area contributed by atoms with E-state index in [1.165, 1.54) is 0 Å². The van der Waals surface area contributed by atoms with Gasteiger partial charge in [0.2, 0.25) is 0 Å². The summed E-state index contributed by atoms with van der Waals surface area (Å²) in [6, 6.07) is 0. The summed E-state index contributed by atoms with van der Waals surface area (Å²) >= 11 is 0. The minimum absolute atomic E-state index is 0.444. The van der Waals surface area contributed by atoms with Gasteiger partial charge in [-0.2, -0.15) is 5.10 Å². The van der Waals surface area contributed by atoms with Crippen LogP contribution in [0, 0.1) is 6.92 Å². The summed E-state index contributed by atoms with van der Waals surface area (Å²) < 4.78 is 1.75. The molecule has 0 aliphatic carbocycles. The average molecular weight is 203 g/mol. The summed E-state index contributed by atoms with van der Waals surface area (Å²) in [5, 5.41) is 4.12. The predicted molar refractivity (Wildman–Crippen MR) is 57.5 cm³/mol. The second kappa shape index (κ2) is 3.73. The zero-order valence-electron chi connectivity index (χ0n) is 8.82. The standard InChI is InChI=1S/C11H13N3O/c1-8-10(3-4-15)11(6-12-8)9-5-13-14(2)7-9/h4-7,12H,3H2,1-2H3. The highest BCUT2D eigenvalue weighted by atomic mass is 16.1. The Morgan fingerprint density at radius 3 is 3.00 bits per heavy atom. The van der Waals surface area contributed by atoms with Crippen molar-refractivity contribution in [3.05, 3.63) is 29.8 Å². The van der Waals surface area contributed by atoms with Crippen LogP contribution in [0.15, 0.2) is 18.6 Å². The van der Waals surface area contributed by atoms with Gasteiger partial charge in [-0.15, -0.1) is 0 Å². The minimum Gasteiger partial charge on any atom is -0.364 e. The van der Waals surface area contributed by atoms with Crippen molar-refractivity contribution in [2.45, 2.75) is 13.3 Å². The van der Waals surface area contributed by atoms with E-state index in [1.54, 1.807) is 10.9 Å². The van der Waals surface area contributed by atoms with Gasteiger partial charge in [-0.05, 0) is 12.5 Å². The van der Waals surface area contributed by atoms with E-state index in [9.17, 15) is 4.79 Å². The molecule has 1 N–H and O–H groups in total. The van der Waals surface area contributed by atoms with E-state index in [-0.39, 0.29) is 0 Å². The molecule has 2 rings (SSSR count). The number of H-pyrrole nitrogens is 1. The maximum atomic E-state index is 10.6. The van der Waals surface area contributed by atoms with Crippen LogP contribution in [0.4, 0.5) is 0 Å². The van der Waals surface area contributed by atoms with Gasteiger partial charge in [-0.1, -0.05) is 0 Å². The Bertz CT molecular complexity index is 482. The molecular formula is C11H13N3O. The zero-order valence-corrected chi connectivity index (χ0v) is 8.82. The number of carbonyl (C=O) groups excluding carboxylic acids is 1. The summed E-state index contributed by atoms with van der Waals surface area (Å²) in [7, 11) is 1.88. The van der Waals surface area contributed by atoms with Gasteiger partial charge in [0.25, 0.3) is 0 Å². The number of hydrogen-bond donors (Lipinski definition) is 1. The van der Waals surface area contributed by atoms with Crippen molar-refractivity contribution < 1.29 is 4.79 Å². The maximum Gasteiger partial charge on any atom is 0.124 e. The second-order valence-corrected chi connectivity index (χ2v) is 3.58. The van der Waals surface area contributed by atoms with E-state index in [2.05, 4.69) is 10.1 Å². The van der Waals surface area contributed by atoms with Gasteiger partial charge in [0, 0.05) is 42.7 Å². The smallest absolute Gasteiger partial charge is 0.124 e. The average Bonchev–Trinajstić information content (AvgIpc) is 2.76. The van der Waals surface area contributed by atoms with Gasteiger partial charge in [0.15, 0.2) is 0 Å². The van der Waals surface area contributed by atoms with Crippen LogP contribution in [-0.4, -0.2) is 21.1 Å². The van der Waals surface area contributed by atoms with Gasteiger partial charge in [-0.3, -0.25) is 4.68 Å². The van der Waals surface area contributed by atoms with Crippen molar-refractivity contribution in [3.8, 4) is 11.1 Å². The maximum absolute atomic E-state index is 10.6. The fraction of sp³-hybridized carbons (Fsp3) is 0.273. The first-order chi connectivity index (χ1) is 7.22. The molecule has 15 heavy (non-hydrogen) atoms. The van der Waals surface area contributed by atoms with Crippen LogP contribution in [0.25, 0.3) is 11.1 Å². The highest BCUT2D eigenvalue weighted by molar-refractivity contribution is 5.71. The molecule has 2 aromatic heterocycles. The molecule has 4 heteroatoms. The summed E-state index contributed by atoms with van der Waals surface area (Å²) in [4.78, 5) is 13.7. The van der Waals surface area contributed by atoms with Crippen LogP contribution in [0.1, 0.15) is 11.3 Å². The molecule has 0 atom stereocenters. The Balaban J connectivity index is 2.48. The molecule has 0 bridgehead atoms. The van der Waals surface area contributed by atoms with E-state index in [0.717, 1.165) is 28.7 Å². The molecule has 4 nitrogen and oxygen atoms in total. The Labute approximate surface area is 87.9 Å². The first kappa shape index (κ1) is 9.71. The Morgan fingerprint density at radius 2 is 2.40 bits per heavy atom. The summed E-state index contributed by atoms with van der Waals surface area (Å²) in [5.41, 5.74) is 4.20. The van der Waals surface area contributed by atoms with Crippen molar-refractivity contribution >= 4 is 6.29 Å². The second-order valence-electron chi connectivity index (χ2n) is 3.58. The van der Waals surface area contributed by atoms with Gasteiger partial charge >= 0.3 is 0 Å². The molecule has 0 saturated heterocycles. The van der Waals surface area contributed by atoms with Crippen molar-refractivity contribution in [2.24, 2.45) is 7.05 Å². The molecule has 0 spiro atoms. The fourth-order valence-electron chi connectivity index (χ4n) is 1.72. The van der Waals surface area contributed by atoms with E-state index >= 15 is 0 Å².